The lowest BCUT2D eigenvalue weighted by Gasteiger charge is -2.24. The summed E-state index contributed by atoms with van der Waals surface area (Å²) in [5, 5.41) is 13.7. The monoisotopic (exact) mass is 287 g/mol. The van der Waals surface area contributed by atoms with E-state index in [0.717, 1.165) is 18.7 Å². The van der Waals surface area contributed by atoms with Gasteiger partial charge in [0.15, 0.2) is 0 Å². The number of nitrogens with one attached hydrogen (secondary N) is 1. The van der Waals surface area contributed by atoms with Crippen molar-refractivity contribution in [1.82, 2.24) is 5.32 Å². The first-order chi connectivity index (χ1) is 8.80. The largest absolute Gasteiger partial charge is 0.390 e. The van der Waals surface area contributed by atoms with Gasteiger partial charge < -0.3 is 10.4 Å². The summed E-state index contributed by atoms with van der Waals surface area (Å²) in [6.45, 7) is 7.79. The molecule has 0 saturated heterocycles. The fourth-order valence-electron chi connectivity index (χ4n) is 1.93. The maximum Gasteiger partial charge on any atom is 0.141 e. The predicted molar refractivity (Wildman–Crippen MR) is 78.1 cm³/mol. The standard InChI is InChI=1S/C15H23ClFNO/c1-11(2)10-18-7-6-15(3,19)9-12-4-5-14(17)13(16)8-12/h4-5,8,11,18-19H,6-7,9-10H2,1-3H3. The molecule has 1 aromatic rings. The van der Waals surface area contributed by atoms with Crippen LogP contribution >= 0.6 is 11.6 Å². The number of hydrogen-bond acceptors (Lipinski definition) is 2. The first-order valence-corrected chi connectivity index (χ1v) is 7.05. The Bertz CT molecular complexity index is 407. The van der Waals surface area contributed by atoms with E-state index in [-0.39, 0.29) is 5.02 Å². The summed E-state index contributed by atoms with van der Waals surface area (Å²) in [6, 6.07) is 4.58. The highest BCUT2D eigenvalue weighted by atomic mass is 35.5. The number of aliphatic hydroxyl groups is 1. The highest BCUT2D eigenvalue weighted by Gasteiger charge is 2.20. The molecular weight excluding hydrogens is 265 g/mol. The molecule has 0 fully saturated rings. The smallest absolute Gasteiger partial charge is 0.141 e. The predicted octanol–water partition coefficient (Wildman–Crippen LogP) is 3.41. The average molecular weight is 288 g/mol. The van der Waals surface area contributed by atoms with E-state index in [1.165, 1.54) is 6.07 Å². The van der Waals surface area contributed by atoms with Crippen molar-refractivity contribution in [2.24, 2.45) is 5.92 Å². The molecule has 19 heavy (non-hydrogen) atoms. The Morgan fingerprint density at radius 2 is 2.11 bits per heavy atom. The van der Waals surface area contributed by atoms with Crippen molar-refractivity contribution in [3.63, 3.8) is 0 Å². The van der Waals surface area contributed by atoms with Crippen LogP contribution in [0.2, 0.25) is 5.02 Å². The number of benzene rings is 1. The van der Waals surface area contributed by atoms with Crippen LogP contribution in [0.1, 0.15) is 32.8 Å². The average Bonchev–Trinajstić information content (AvgIpc) is 2.29. The molecule has 2 nitrogen and oxygen atoms in total. The minimum Gasteiger partial charge on any atom is -0.390 e. The van der Waals surface area contributed by atoms with Gasteiger partial charge in [0, 0.05) is 6.42 Å². The second-order valence-corrected chi connectivity index (χ2v) is 6.18. The zero-order valence-electron chi connectivity index (χ0n) is 11.8. The second-order valence-electron chi connectivity index (χ2n) is 5.77. The molecule has 0 radical (unpaired) electrons. The molecule has 0 amide bonds. The highest BCUT2D eigenvalue weighted by Crippen LogP contribution is 2.21. The van der Waals surface area contributed by atoms with Gasteiger partial charge in [0.05, 0.1) is 10.6 Å². The van der Waals surface area contributed by atoms with E-state index in [9.17, 15) is 9.50 Å². The van der Waals surface area contributed by atoms with E-state index in [2.05, 4.69) is 19.2 Å². The summed E-state index contributed by atoms with van der Waals surface area (Å²) < 4.78 is 13.1. The molecule has 0 aliphatic carbocycles. The lowest BCUT2D eigenvalue weighted by molar-refractivity contribution is 0.0514. The maximum absolute atomic E-state index is 13.1. The van der Waals surface area contributed by atoms with Crippen molar-refractivity contribution >= 4 is 11.6 Å². The Morgan fingerprint density at radius 3 is 2.68 bits per heavy atom. The van der Waals surface area contributed by atoms with Gasteiger partial charge in [-0.2, -0.15) is 0 Å². The van der Waals surface area contributed by atoms with Crippen LogP contribution < -0.4 is 5.32 Å². The summed E-state index contributed by atoms with van der Waals surface area (Å²) in [5.74, 6) is 0.171. The summed E-state index contributed by atoms with van der Waals surface area (Å²) in [6.07, 6.45) is 1.12. The molecule has 0 aliphatic rings. The van der Waals surface area contributed by atoms with Crippen LogP contribution in [-0.4, -0.2) is 23.8 Å². The molecule has 0 spiro atoms. The Labute approximate surface area is 120 Å². The van der Waals surface area contributed by atoms with E-state index < -0.39 is 11.4 Å². The van der Waals surface area contributed by atoms with Crippen LogP contribution in [0.4, 0.5) is 4.39 Å². The number of rotatable bonds is 7. The van der Waals surface area contributed by atoms with Crippen LogP contribution in [0, 0.1) is 11.7 Å². The van der Waals surface area contributed by atoms with Gasteiger partial charge >= 0.3 is 0 Å². The van der Waals surface area contributed by atoms with Gasteiger partial charge in [0.25, 0.3) is 0 Å². The quantitative estimate of drug-likeness (QED) is 0.753. The minimum atomic E-state index is -0.814. The zero-order valence-corrected chi connectivity index (χ0v) is 12.6. The van der Waals surface area contributed by atoms with Crippen molar-refractivity contribution < 1.29 is 9.50 Å². The third kappa shape index (κ3) is 6.37. The Balaban J connectivity index is 2.46. The second kappa shape index (κ2) is 7.22. The van der Waals surface area contributed by atoms with E-state index in [1.807, 2.05) is 0 Å². The van der Waals surface area contributed by atoms with E-state index >= 15 is 0 Å². The van der Waals surface area contributed by atoms with Crippen molar-refractivity contribution in [2.75, 3.05) is 13.1 Å². The van der Waals surface area contributed by atoms with Crippen LogP contribution in [-0.2, 0) is 6.42 Å². The van der Waals surface area contributed by atoms with Gasteiger partial charge in [-0.05, 0) is 50.0 Å². The Morgan fingerprint density at radius 1 is 1.42 bits per heavy atom. The molecule has 0 aliphatic heterocycles. The third-order valence-electron chi connectivity index (χ3n) is 2.96. The molecule has 1 unspecified atom stereocenters. The lowest BCUT2D eigenvalue weighted by atomic mass is 9.93. The lowest BCUT2D eigenvalue weighted by Crippen LogP contribution is -2.33. The topological polar surface area (TPSA) is 32.3 Å². The van der Waals surface area contributed by atoms with E-state index in [4.69, 9.17) is 11.6 Å². The molecular formula is C15H23ClFNO. The molecule has 108 valence electrons. The van der Waals surface area contributed by atoms with Crippen LogP contribution in [0.3, 0.4) is 0 Å². The molecule has 2 N–H and O–H groups in total. The zero-order chi connectivity index (χ0) is 14.5. The summed E-state index contributed by atoms with van der Waals surface area (Å²) in [5.41, 5.74) is 0.0331. The van der Waals surface area contributed by atoms with Gasteiger partial charge in [-0.1, -0.05) is 31.5 Å². The van der Waals surface area contributed by atoms with Crippen LogP contribution in [0.5, 0.6) is 0 Å². The molecule has 1 rings (SSSR count). The fraction of sp³-hybridized carbons (Fsp3) is 0.600. The van der Waals surface area contributed by atoms with Crippen molar-refractivity contribution in [1.29, 1.82) is 0 Å². The fourth-order valence-corrected chi connectivity index (χ4v) is 2.13. The first kappa shape index (κ1) is 16.4. The summed E-state index contributed by atoms with van der Waals surface area (Å²) in [7, 11) is 0. The molecule has 0 aromatic heterocycles. The third-order valence-corrected chi connectivity index (χ3v) is 3.25. The molecule has 0 saturated carbocycles. The Kier molecular flexibility index (Phi) is 6.24. The molecule has 0 heterocycles. The van der Waals surface area contributed by atoms with Crippen LogP contribution in [0.15, 0.2) is 18.2 Å². The molecule has 1 atom stereocenters. The van der Waals surface area contributed by atoms with Crippen molar-refractivity contribution in [3.05, 3.63) is 34.6 Å². The number of hydrogen-bond donors (Lipinski definition) is 2. The van der Waals surface area contributed by atoms with Gasteiger partial charge in [-0.25, -0.2) is 4.39 Å². The molecule has 1 aromatic carbocycles. The molecule has 4 heteroatoms. The maximum atomic E-state index is 13.1. The summed E-state index contributed by atoms with van der Waals surface area (Å²) in [4.78, 5) is 0. The minimum absolute atomic E-state index is 0.103. The highest BCUT2D eigenvalue weighted by molar-refractivity contribution is 6.30. The van der Waals surface area contributed by atoms with Gasteiger partial charge in [-0.3, -0.25) is 0 Å². The van der Waals surface area contributed by atoms with Crippen LogP contribution in [0.25, 0.3) is 0 Å². The van der Waals surface area contributed by atoms with Gasteiger partial charge in [0.1, 0.15) is 5.82 Å². The van der Waals surface area contributed by atoms with Crippen molar-refractivity contribution in [2.45, 2.75) is 39.2 Å². The SMILES string of the molecule is CC(C)CNCCC(C)(O)Cc1ccc(F)c(Cl)c1. The normalized spacial score (nSPS) is 14.7. The van der Waals surface area contributed by atoms with E-state index in [1.54, 1.807) is 19.1 Å². The van der Waals surface area contributed by atoms with Gasteiger partial charge in [-0.15, -0.1) is 0 Å². The number of halogens is 2. The van der Waals surface area contributed by atoms with Gasteiger partial charge in [0.2, 0.25) is 0 Å². The van der Waals surface area contributed by atoms with E-state index in [0.29, 0.717) is 18.8 Å². The molecule has 0 bridgehead atoms. The van der Waals surface area contributed by atoms with Crippen molar-refractivity contribution in [3.8, 4) is 0 Å². The first-order valence-electron chi connectivity index (χ1n) is 6.67. The summed E-state index contributed by atoms with van der Waals surface area (Å²) >= 11 is 5.74. The Hall–Kier alpha value is -0.640.